The molecule has 10 heteroatoms. The van der Waals surface area contributed by atoms with E-state index < -0.39 is 23.0 Å². The van der Waals surface area contributed by atoms with Gasteiger partial charge in [0.1, 0.15) is 17.3 Å². The summed E-state index contributed by atoms with van der Waals surface area (Å²) < 4.78 is 16.9. The van der Waals surface area contributed by atoms with Crippen molar-refractivity contribution in [3.8, 4) is 5.69 Å². The molecule has 0 atom stereocenters. The Morgan fingerprint density at radius 2 is 1.94 bits per heavy atom. The minimum atomic E-state index is -0.733. The number of unbranched alkanes of at least 4 members (excludes halogenated alkanes) is 1. The number of carbonyl (C=O) groups is 1. The molecule has 0 aliphatic heterocycles. The molecule has 0 fully saturated rings. The first-order valence-corrected chi connectivity index (χ1v) is 10.6. The zero-order valence-corrected chi connectivity index (χ0v) is 18.4. The van der Waals surface area contributed by atoms with Gasteiger partial charge in [-0.1, -0.05) is 32.4 Å². The first-order chi connectivity index (χ1) is 15.3. The number of benzene rings is 1. The van der Waals surface area contributed by atoms with Crippen LogP contribution in [0.15, 0.2) is 40.1 Å². The van der Waals surface area contributed by atoms with Crippen molar-refractivity contribution >= 4 is 17.4 Å². The van der Waals surface area contributed by atoms with Gasteiger partial charge in [-0.15, -0.1) is 0 Å². The summed E-state index contributed by atoms with van der Waals surface area (Å²) in [5.74, 6) is -1.05. The lowest BCUT2D eigenvalue weighted by atomic mass is 10.2. The summed E-state index contributed by atoms with van der Waals surface area (Å²) in [4.78, 5) is 42.0. The molecule has 0 saturated heterocycles. The summed E-state index contributed by atoms with van der Waals surface area (Å²) in [5, 5.41) is 4.19. The van der Waals surface area contributed by atoms with Crippen LogP contribution in [0.4, 0.5) is 15.9 Å². The molecular formula is C22H27FN6O3. The largest absolute Gasteiger partial charge is 0.383 e. The predicted octanol–water partition coefficient (Wildman–Crippen LogP) is 2.61. The highest BCUT2D eigenvalue weighted by Crippen LogP contribution is 2.23. The number of nitrogens with two attached hydrogens (primary N) is 1. The first kappa shape index (κ1) is 23.0. The fourth-order valence-corrected chi connectivity index (χ4v) is 3.55. The number of nitrogen functional groups attached to an aromatic ring is 1. The maximum Gasteiger partial charge on any atom is 0.330 e. The standard InChI is InChI=1S/C22H27FN6O3/c1-4-6-12-27(18-19(24)28(11-5-2)22(32)26-20(18)30)21(31)15-13-25-29(14(15)3)17-10-8-7-9-16(17)23/h7-10,13H,4-6,11-12,24H2,1-3H3,(H,26,30,32). The number of aromatic nitrogens is 4. The van der Waals surface area contributed by atoms with E-state index in [2.05, 4.69) is 10.1 Å². The van der Waals surface area contributed by atoms with E-state index in [1.807, 2.05) is 13.8 Å². The first-order valence-electron chi connectivity index (χ1n) is 10.6. The van der Waals surface area contributed by atoms with Crippen LogP contribution in [-0.4, -0.2) is 31.8 Å². The van der Waals surface area contributed by atoms with Crippen molar-refractivity contribution in [3.63, 3.8) is 0 Å². The van der Waals surface area contributed by atoms with Gasteiger partial charge in [0, 0.05) is 13.1 Å². The van der Waals surface area contributed by atoms with E-state index >= 15 is 0 Å². The Morgan fingerprint density at radius 3 is 2.59 bits per heavy atom. The number of halogens is 1. The second-order valence-corrected chi connectivity index (χ2v) is 7.46. The van der Waals surface area contributed by atoms with Crippen LogP contribution in [0.3, 0.4) is 0 Å². The van der Waals surface area contributed by atoms with Crippen molar-refractivity contribution in [1.82, 2.24) is 19.3 Å². The minimum Gasteiger partial charge on any atom is -0.383 e. The van der Waals surface area contributed by atoms with E-state index in [1.165, 1.54) is 26.4 Å². The van der Waals surface area contributed by atoms with Crippen LogP contribution in [0.25, 0.3) is 5.69 Å². The normalized spacial score (nSPS) is 11.0. The Labute approximate surface area is 184 Å². The van der Waals surface area contributed by atoms with Crippen molar-refractivity contribution in [3.05, 3.63) is 68.4 Å². The molecule has 3 rings (SSSR count). The third kappa shape index (κ3) is 4.20. The predicted molar refractivity (Wildman–Crippen MR) is 121 cm³/mol. The lowest BCUT2D eigenvalue weighted by Gasteiger charge is -2.24. The van der Waals surface area contributed by atoms with Crippen molar-refractivity contribution in [2.24, 2.45) is 0 Å². The molecule has 0 aliphatic carbocycles. The highest BCUT2D eigenvalue weighted by Gasteiger charge is 2.27. The molecule has 0 aliphatic rings. The van der Waals surface area contributed by atoms with Crippen LogP contribution < -0.4 is 21.9 Å². The Hall–Kier alpha value is -3.69. The summed E-state index contributed by atoms with van der Waals surface area (Å²) in [6.45, 7) is 5.99. The molecule has 9 nitrogen and oxygen atoms in total. The number of carbonyl (C=O) groups excluding carboxylic acids is 1. The molecule has 2 aromatic heterocycles. The van der Waals surface area contributed by atoms with Gasteiger partial charge in [0.15, 0.2) is 5.69 Å². The monoisotopic (exact) mass is 442 g/mol. The molecule has 0 radical (unpaired) electrons. The molecule has 1 amide bonds. The zero-order chi connectivity index (χ0) is 23.4. The van der Waals surface area contributed by atoms with Crippen LogP contribution in [0, 0.1) is 12.7 Å². The third-order valence-corrected chi connectivity index (χ3v) is 5.23. The number of aromatic amines is 1. The van der Waals surface area contributed by atoms with E-state index in [4.69, 9.17) is 5.73 Å². The maximum absolute atomic E-state index is 14.3. The van der Waals surface area contributed by atoms with Crippen molar-refractivity contribution < 1.29 is 9.18 Å². The lowest BCUT2D eigenvalue weighted by Crippen LogP contribution is -2.41. The Bertz CT molecular complexity index is 1240. The average Bonchev–Trinajstić information content (AvgIpc) is 3.14. The number of hydrogen-bond acceptors (Lipinski definition) is 5. The number of hydrogen-bond donors (Lipinski definition) is 2. The van der Waals surface area contributed by atoms with E-state index in [0.717, 1.165) is 6.42 Å². The zero-order valence-electron chi connectivity index (χ0n) is 18.4. The summed E-state index contributed by atoms with van der Waals surface area (Å²) in [7, 11) is 0. The molecule has 170 valence electrons. The van der Waals surface area contributed by atoms with Gasteiger partial charge < -0.3 is 10.6 Å². The van der Waals surface area contributed by atoms with Gasteiger partial charge >= 0.3 is 5.69 Å². The minimum absolute atomic E-state index is 0.0656. The molecular weight excluding hydrogens is 415 g/mol. The molecule has 0 saturated carbocycles. The van der Waals surface area contributed by atoms with Gasteiger partial charge in [0.05, 0.1) is 17.5 Å². The fraction of sp³-hybridized carbons (Fsp3) is 0.364. The molecule has 1 aromatic carbocycles. The SMILES string of the molecule is CCCCN(C(=O)c1cnn(-c2ccccc2F)c1C)c1c(N)n(CCC)c(=O)[nH]c1=O. The number of amides is 1. The third-order valence-electron chi connectivity index (χ3n) is 5.23. The smallest absolute Gasteiger partial charge is 0.330 e. The summed E-state index contributed by atoms with van der Waals surface area (Å²) in [6.07, 6.45) is 3.34. The average molecular weight is 442 g/mol. The van der Waals surface area contributed by atoms with Gasteiger partial charge in [-0.3, -0.25) is 19.1 Å². The Balaban J connectivity index is 2.12. The molecule has 0 spiro atoms. The quantitative estimate of drug-likeness (QED) is 0.556. The lowest BCUT2D eigenvalue weighted by molar-refractivity contribution is 0.0985. The topological polar surface area (TPSA) is 119 Å². The van der Waals surface area contributed by atoms with Gasteiger partial charge in [-0.2, -0.15) is 5.10 Å². The van der Waals surface area contributed by atoms with Crippen LogP contribution in [0.1, 0.15) is 49.2 Å². The van der Waals surface area contributed by atoms with Gasteiger partial charge in [0.2, 0.25) is 0 Å². The van der Waals surface area contributed by atoms with Crippen LogP contribution in [-0.2, 0) is 6.54 Å². The fourth-order valence-electron chi connectivity index (χ4n) is 3.55. The number of nitrogens with one attached hydrogen (secondary N) is 1. The molecule has 0 bridgehead atoms. The number of rotatable bonds is 8. The summed E-state index contributed by atoms with van der Waals surface area (Å²) in [5.41, 5.74) is 5.59. The second-order valence-electron chi connectivity index (χ2n) is 7.46. The highest BCUT2D eigenvalue weighted by molar-refractivity contribution is 6.07. The van der Waals surface area contributed by atoms with Gasteiger partial charge in [-0.25, -0.2) is 13.9 Å². The maximum atomic E-state index is 14.3. The molecule has 2 heterocycles. The van der Waals surface area contributed by atoms with E-state index in [0.29, 0.717) is 25.1 Å². The molecule has 3 N–H and O–H groups in total. The van der Waals surface area contributed by atoms with E-state index in [-0.39, 0.29) is 29.3 Å². The van der Waals surface area contributed by atoms with E-state index in [1.54, 1.807) is 25.1 Å². The highest BCUT2D eigenvalue weighted by atomic mass is 19.1. The number of H-pyrrole nitrogens is 1. The Morgan fingerprint density at radius 1 is 1.22 bits per heavy atom. The summed E-state index contributed by atoms with van der Waals surface area (Å²) >= 11 is 0. The van der Waals surface area contributed by atoms with E-state index in [9.17, 15) is 18.8 Å². The molecule has 3 aromatic rings. The molecule has 0 unspecified atom stereocenters. The van der Waals surface area contributed by atoms with Crippen molar-refractivity contribution in [2.75, 3.05) is 17.2 Å². The number of anilines is 2. The molecule has 32 heavy (non-hydrogen) atoms. The second kappa shape index (κ2) is 9.63. The van der Waals surface area contributed by atoms with Crippen LogP contribution >= 0.6 is 0 Å². The Kier molecular flexibility index (Phi) is 6.92. The van der Waals surface area contributed by atoms with Crippen molar-refractivity contribution in [1.29, 1.82) is 0 Å². The van der Waals surface area contributed by atoms with Gasteiger partial charge in [-0.05, 0) is 31.9 Å². The number of nitrogens with zero attached hydrogens (tertiary/aromatic N) is 4. The number of para-hydroxylation sites is 1. The summed E-state index contributed by atoms with van der Waals surface area (Å²) in [6, 6.07) is 6.10. The van der Waals surface area contributed by atoms with Crippen LogP contribution in [0.2, 0.25) is 0 Å². The van der Waals surface area contributed by atoms with Crippen molar-refractivity contribution in [2.45, 2.75) is 46.6 Å². The van der Waals surface area contributed by atoms with Gasteiger partial charge in [0.25, 0.3) is 11.5 Å². The van der Waals surface area contributed by atoms with Crippen LogP contribution in [0.5, 0.6) is 0 Å².